The Morgan fingerprint density at radius 1 is 0.971 bits per heavy atom. The molecule has 1 aliphatic rings. The summed E-state index contributed by atoms with van der Waals surface area (Å²) in [5, 5.41) is 13.4. The summed E-state index contributed by atoms with van der Waals surface area (Å²) in [6.45, 7) is 1.61. The van der Waals surface area contributed by atoms with Crippen LogP contribution in [0, 0.1) is 0 Å². The van der Waals surface area contributed by atoms with Crippen molar-refractivity contribution >= 4 is 23.0 Å². The number of hydrogen-bond acceptors (Lipinski definition) is 4. The molecule has 6 heteroatoms. The van der Waals surface area contributed by atoms with Crippen LogP contribution in [0.4, 0.5) is 4.79 Å². The normalized spacial score (nSPS) is 14.1. The molecule has 1 aliphatic carbocycles. The molecular formula is C28H24N2O4. The maximum Gasteiger partial charge on any atom is 0.408 e. The van der Waals surface area contributed by atoms with Crippen molar-refractivity contribution in [1.82, 2.24) is 10.3 Å². The largest absolute Gasteiger partial charge is 0.480 e. The fourth-order valence-corrected chi connectivity index (χ4v) is 4.68. The summed E-state index contributed by atoms with van der Waals surface area (Å²) in [7, 11) is 0. The third-order valence-corrected chi connectivity index (χ3v) is 6.42. The number of benzene rings is 3. The predicted molar refractivity (Wildman–Crippen MR) is 130 cm³/mol. The van der Waals surface area contributed by atoms with Crippen LogP contribution in [0.3, 0.4) is 0 Å². The molecule has 0 saturated heterocycles. The fourth-order valence-electron chi connectivity index (χ4n) is 4.68. The lowest BCUT2D eigenvalue weighted by Crippen LogP contribution is -2.54. The number of carboxylic acid groups (broad SMARTS) is 1. The minimum absolute atomic E-state index is 0.0952. The summed E-state index contributed by atoms with van der Waals surface area (Å²) in [6.07, 6.45) is 1.06. The number of carbonyl (C=O) groups excluding carboxylic acids is 1. The lowest BCUT2D eigenvalue weighted by Gasteiger charge is -2.26. The zero-order valence-corrected chi connectivity index (χ0v) is 18.7. The fraction of sp³-hybridized carbons (Fsp3) is 0.179. The number of carboxylic acids is 1. The highest BCUT2D eigenvalue weighted by atomic mass is 16.5. The average molecular weight is 453 g/mol. The molecule has 0 radical (unpaired) electrons. The second-order valence-corrected chi connectivity index (χ2v) is 8.80. The highest BCUT2D eigenvalue weighted by Crippen LogP contribution is 2.44. The van der Waals surface area contributed by atoms with Gasteiger partial charge in [-0.15, -0.1) is 0 Å². The number of ether oxygens (including phenoxy) is 1. The Morgan fingerprint density at radius 2 is 1.65 bits per heavy atom. The van der Waals surface area contributed by atoms with E-state index >= 15 is 0 Å². The van der Waals surface area contributed by atoms with Crippen molar-refractivity contribution in [2.75, 3.05) is 6.61 Å². The van der Waals surface area contributed by atoms with Crippen LogP contribution >= 0.6 is 0 Å². The second kappa shape index (κ2) is 8.63. The molecule has 0 bridgehead atoms. The molecule has 4 aromatic rings. The van der Waals surface area contributed by atoms with Gasteiger partial charge in [0, 0.05) is 23.9 Å². The number of nitrogens with zero attached hydrogens (tertiary/aromatic N) is 1. The van der Waals surface area contributed by atoms with Crippen LogP contribution in [0.5, 0.6) is 0 Å². The minimum atomic E-state index is -1.53. The molecule has 1 amide bonds. The Labute approximate surface area is 197 Å². The van der Waals surface area contributed by atoms with E-state index in [-0.39, 0.29) is 18.9 Å². The predicted octanol–water partition coefficient (Wildman–Crippen LogP) is 5.16. The maximum absolute atomic E-state index is 12.7. The third-order valence-electron chi connectivity index (χ3n) is 6.42. The Bertz CT molecular complexity index is 1350. The molecule has 0 spiro atoms. The van der Waals surface area contributed by atoms with Crippen LogP contribution in [-0.2, 0) is 16.0 Å². The lowest BCUT2D eigenvalue weighted by atomic mass is 9.92. The van der Waals surface area contributed by atoms with Crippen molar-refractivity contribution in [3.05, 3.63) is 102 Å². The number of aliphatic carboxylic acids is 1. The van der Waals surface area contributed by atoms with Crippen LogP contribution in [0.1, 0.15) is 29.5 Å². The molecule has 0 saturated carbocycles. The van der Waals surface area contributed by atoms with Crippen LogP contribution in [0.2, 0.25) is 0 Å². The van der Waals surface area contributed by atoms with E-state index in [2.05, 4.69) is 22.4 Å². The van der Waals surface area contributed by atoms with Crippen molar-refractivity contribution in [2.45, 2.75) is 24.8 Å². The van der Waals surface area contributed by atoms with E-state index < -0.39 is 17.6 Å². The first kappa shape index (κ1) is 21.6. The highest BCUT2D eigenvalue weighted by molar-refractivity contribution is 5.85. The molecule has 1 heterocycles. The zero-order chi connectivity index (χ0) is 23.7. The van der Waals surface area contributed by atoms with Gasteiger partial charge in [-0.25, -0.2) is 9.59 Å². The Kier molecular flexibility index (Phi) is 5.49. The van der Waals surface area contributed by atoms with Gasteiger partial charge in [0.15, 0.2) is 0 Å². The maximum atomic E-state index is 12.7. The van der Waals surface area contributed by atoms with Gasteiger partial charge in [-0.3, -0.25) is 4.98 Å². The monoisotopic (exact) mass is 452 g/mol. The smallest absolute Gasteiger partial charge is 0.408 e. The molecule has 6 nitrogen and oxygen atoms in total. The average Bonchev–Trinajstić information content (AvgIpc) is 3.16. The number of nitrogens with one attached hydrogen (secondary N) is 1. The van der Waals surface area contributed by atoms with Gasteiger partial charge in [0.05, 0.1) is 5.52 Å². The molecule has 0 fully saturated rings. The summed E-state index contributed by atoms with van der Waals surface area (Å²) in [5.41, 5.74) is 4.54. The minimum Gasteiger partial charge on any atom is -0.480 e. The standard InChI is InChI=1S/C28H24N2O4/c1-28(26(31)32,16-18-12-13-25-19(15-18)7-6-14-29-25)30-27(33)34-17-24-22-10-4-2-8-20(22)21-9-3-5-11-23(21)24/h2-15,24H,16-17H2,1H3,(H,30,33)(H,31,32). The lowest BCUT2D eigenvalue weighted by molar-refractivity contribution is -0.143. The van der Waals surface area contributed by atoms with E-state index in [0.29, 0.717) is 0 Å². The Hall–Kier alpha value is -4.19. The SMILES string of the molecule is CC(Cc1ccc2ncccc2c1)(NC(=O)OCC1c2ccccc2-c2ccccc21)C(=O)O. The zero-order valence-electron chi connectivity index (χ0n) is 18.7. The van der Waals surface area contributed by atoms with Gasteiger partial charge >= 0.3 is 12.1 Å². The quantitative estimate of drug-likeness (QED) is 0.422. The third kappa shape index (κ3) is 3.99. The molecule has 0 aliphatic heterocycles. The number of pyridine rings is 1. The van der Waals surface area contributed by atoms with Crippen LogP contribution < -0.4 is 5.32 Å². The van der Waals surface area contributed by atoms with E-state index in [1.807, 2.05) is 66.7 Å². The number of amides is 1. The van der Waals surface area contributed by atoms with Crippen molar-refractivity contribution in [2.24, 2.45) is 0 Å². The van der Waals surface area contributed by atoms with Gasteiger partial charge < -0.3 is 15.2 Å². The molecule has 1 atom stereocenters. The Balaban J connectivity index is 1.31. The van der Waals surface area contributed by atoms with Gasteiger partial charge in [0.25, 0.3) is 0 Å². The van der Waals surface area contributed by atoms with E-state index in [1.165, 1.54) is 6.92 Å². The van der Waals surface area contributed by atoms with Gasteiger partial charge in [0.1, 0.15) is 12.1 Å². The van der Waals surface area contributed by atoms with E-state index in [9.17, 15) is 14.7 Å². The molecule has 1 aromatic heterocycles. The first-order valence-electron chi connectivity index (χ1n) is 11.1. The Morgan fingerprint density at radius 3 is 2.32 bits per heavy atom. The summed E-state index contributed by atoms with van der Waals surface area (Å²) in [4.78, 5) is 29.2. The molecule has 34 heavy (non-hydrogen) atoms. The second-order valence-electron chi connectivity index (χ2n) is 8.80. The van der Waals surface area contributed by atoms with Crippen molar-refractivity contribution in [3.63, 3.8) is 0 Å². The van der Waals surface area contributed by atoms with E-state index in [1.54, 1.807) is 6.20 Å². The number of carbonyl (C=O) groups is 2. The van der Waals surface area contributed by atoms with E-state index in [4.69, 9.17) is 4.74 Å². The van der Waals surface area contributed by atoms with Gasteiger partial charge in [0.2, 0.25) is 0 Å². The number of hydrogen-bond donors (Lipinski definition) is 2. The molecule has 170 valence electrons. The summed E-state index contributed by atoms with van der Waals surface area (Å²) in [5.74, 6) is -1.23. The molecule has 1 unspecified atom stereocenters. The van der Waals surface area contributed by atoms with Gasteiger partial charge in [-0.1, -0.05) is 60.7 Å². The number of fused-ring (bicyclic) bond motifs is 4. The molecule has 5 rings (SSSR count). The summed E-state index contributed by atoms with van der Waals surface area (Å²) in [6, 6.07) is 25.5. The van der Waals surface area contributed by atoms with Crippen LogP contribution in [-0.4, -0.2) is 34.3 Å². The van der Waals surface area contributed by atoms with Crippen molar-refractivity contribution in [3.8, 4) is 11.1 Å². The number of aromatic nitrogens is 1. The van der Waals surface area contributed by atoms with Crippen LogP contribution in [0.15, 0.2) is 85.1 Å². The summed E-state index contributed by atoms with van der Waals surface area (Å²) < 4.78 is 5.57. The van der Waals surface area contributed by atoms with Crippen LogP contribution in [0.25, 0.3) is 22.0 Å². The van der Waals surface area contributed by atoms with Crippen molar-refractivity contribution < 1.29 is 19.4 Å². The van der Waals surface area contributed by atoms with Gasteiger partial charge in [-0.2, -0.15) is 0 Å². The molecule has 3 aromatic carbocycles. The number of alkyl carbamates (subject to hydrolysis) is 1. The highest BCUT2D eigenvalue weighted by Gasteiger charge is 2.36. The number of rotatable bonds is 6. The topological polar surface area (TPSA) is 88.5 Å². The van der Waals surface area contributed by atoms with E-state index in [0.717, 1.165) is 38.7 Å². The first-order chi connectivity index (χ1) is 16.4. The first-order valence-corrected chi connectivity index (χ1v) is 11.1. The summed E-state index contributed by atoms with van der Waals surface area (Å²) >= 11 is 0. The molecule has 2 N–H and O–H groups in total. The molecular weight excluding hydrogens is 428 g/mol. The van der Waals surface area contributed by atoms with Crippen molar-refractivity contribution in [1.29, 1.82) is 0 Å². The van der Waals surface area contributed by atoms with Gasteiger partial charge in [-0.05, 0) is 52.9 Å².